The summed E-state index contributed by atoms with van der Waals surface area (Å²) in [6.45, 7) is 0. The van der Waals surface area contributed by atoms with Gasteiger partial charge in [0.15, 0.2) is 0 Å². The highest BCUT2D eigenvalue weighted by atomic mass is 32.1. The number of thiophene rings is 1. The number of anilines is 3. The number of para-hydroxylation sites is 3. The van der Waals surface area contributed by atoms with Crippen molar-refractivity contribution in [1.82, 2.24) is 4.57 Å². The molecular weight excluding hydrogens is 653 g/mol. The number of furan rings is 1. The molecule has 0 fully saturated rings. The zero-order valence-electron chi connectivity index (χ0n) is 28.0. The Kier molecular flexibility index (Phi) is 6.42. The molecule has 0 aliphatic heterocycles. The Bertz CT molecular complexity index is 3130. The molecule has 0 aliphatic carbocycles. The molecule has 8 aromatic carbocycles. The van der Waals surface area contributed by atoms with Crippen molar-refractivity contribution in [1.29, 1.82) is 0 Å². The predicted octanol–water partition coefficient (Wildman–Crippen LogP) is 14.2. The Morgan fingerprint density at radius 2 is 1.13 bits per heavy atom. The quantitative estimate of drug-likeness (QED) is 0.180. The molecule has 244 valence electrons. The molecular formula is C48H30N2OS. The van der Waals surface area contributed by atoms with Crippen LogP contribution in [-0.2, 0) is 0 Å². The van der Waals surface area contributed by atoms with Gasteiger partial charge in [0.25, 0.3) is 0 Å². The molecule has 4 heteroatoms. The van der Waals surface area contributed by atoms with Crippen LogP contribution in [0.5, 0.6) is 0 Å². The van der Waals surface area contributed by atoms with Crippen molar-refractivity contribution in [2.75, 3.05) is 4.90 Å². The molecule has 3 heterocycles. The van der Waals surface area contributed by atoms with Crippen LogP contribution in [0.1, 0.15) is 0 Å². The van der Waals surface area contributed by atoms with Gasteiger partial charge in [0.1, 0.15) is 11.2 Å². The zero-order valence-corrected chi connectivity index (χ0v) is 28.8. The fourth-order valence-electron chi connectivity index (χ4n) is 8.09. The zero-order chi connectivity index (χ0) is 34.2. The van der Waals surface area contributed by atoms with Crippen LogP contribution in [0.2, 0.25) is 0 Å². The standard InChI is InChI=1S/C48H30N2OS/c1-2-12-32(13-3-1)50-41-19-7-4-14-36(41)37-29-28-34(30-43(37)50)49(42-20-11-22-45-47(42)40-16-5-8-21-44(40)51-45)33-26-24-31(25-27-33)35-17-10-18-39-38-15-6-9-23-46(38)52-48(35)39/h1-30H. The molecule has 0 bridgehead atoms. The van der Waals surface area contributed by atoms with E-state index in [0.717, 1.165) is 50.2 Å². The van der Waals surface area contributed by atoms with Crippen molar-refractivity contribution in [3.8, 4) is 16.8 Å². The maximum absolute atomic E-state index is 6.42. The van der Waals surface area contributed by atoms with Gasteiger partial charge < -0.3 is 13.9 Å². The van der Waals surface area contributed by atoms with E-state index in [4.69, 9.17) is 4.42 Å². The van der Waals surface area contributed by atoms with E-state index in [2.05, 4.69) is 185 Å². The SMILES string of the molecule is c1ccc(-n2c3ccccc3c3ccc(N(c4ccc(-c5cccc6c5sc5ccccc56)cc4)c4cccc5oc6ccccc6c45)cc32)cc1. The summed E-state index contributed by atoms with van der Waals surface area (Å²) in [5.41, 5.74) is 10.9. The monoisotopic (exact) mass is 682 g/mol. The lowest BCUT2D eigenvalue weighted by atomic mass is 10.0. The summed E-state index contributed by atoms with van der Waals surface area (Å²) in [5, 5.41) is 7.29. The Morgan fingerprint density at radius 1 is 0.462 bits per heavy atom. The lowest BCUT2D eigenvalue weighted by Crippen LogP contribution is -2.10. The first-order valence-corrected chi connectivity index (χ1v) is 18.4. The number of rotatable bonds is 5. The third-order valence-electron chi connectivity index (χ3n) is 10.4. The van der Waals surface area contributed by atoms with Crippen LogP contribution in [0.25, 0.3) is 80.7 Å². The molecule has 11 rings (SSSR count). The van der Waals surface area contributed by atoms with Gasteiger partial charge in [-0.2, -0.15) is 0 Å². The fraction of sp³-hybridized carbons (Fsp3) is 0. The van der Waals surface area contributed by atoms with Crippen LogP contribution in [0.15, 0.2) is 186 Å². The average Bonchev–Trinajstić information content (AvgIpc) is 3.88. The lowest BCUT2D eigenvalue weighted by molar-refractivity contribution is 0.669. The Labute approximate surface area is 303 Å². The van der Waals surface area contributed by atoms with Crippen LogP contribution in [0.3, 0.4) is 0 Å². The van der Waals surface area contributed by atoms with E-state index in [1.807, 2.05) is 17.4 Å². The van der Waals surface area contributed by atoms with E-state index in [1.165, 1.54) is 47.6 Å². The van der Waals surface area contributed by atoms with Crippen molar-refractivity contribution < 1.29 is 4.42 Å². The second kappa shape index (κ2) is 11.5. The van der Waals surface area contributed by atoms with E-state index < -0.39 is 0 Å². The van der Waals surface area contributed by atoms with E-state index in [1.54, 1.807) is 0 Å². The van der Waals surface area contributed by atoms with Gasteiger partial charge in [0.2, 0.25) is 0 Å². The lowest BCUT2D eigenvalue weighted by Gasteiger charge is -2.27. The first kappa shape index (κ1) is 29.1. The number of hydrogen-bond acceptors (Lipinski definition) is 3. The minimum atomic E-state index is 0.872. The van der Waals surface area contributed by atoms with Crippen LogP contribution < -0.4 is 4.90 Å². The number of nitrogens with zero attached hydrogens (tertiary/aromatic N) is 2. The van der Waals surface area contributed by atoms with Crippen LogP contribution in [0.4, 0.5) is 17.1 Å². The molecule has 52 heavy (non-hydrogen) atoms. The third kappa shape index (κ3) is 4.38. The first-order valence-electron chi connectivity index (χ1n) is 17.6. The molecule has 0 atom stereocenters. The number of hydrogen-bond donors (Lipinski definition) is 0. The molecule has 0 amide bonds. The summed E-state index contributed by atoms with van der Waals surface area (Å²) >= 11 is 1.87. The minimum Gasteiger partial charge on any atom is -0.456 e. The maximum Gasteiger partial charge on any atom is 0.137 e. The van der Waals surface area contributed by atoms with Crippen molar-refractivity contribution in [2.24, 2.45) is 0 Å². The van der Waals surface area contributed by atoms with Crippen molar-refractivity contribution >= 4 is 92.3 Å². The smallest absolute Gasteiger partial charge is 0.137 e. The molecule has 11 aromatic rings. The largest absolute Gasteiger partial charge is 0.456 e. The second-order valence-corrected chi connectivity index (χ2v) is 14.4. The van der Waals surface area contributed by atoms with Crippen LogP contribution >= 0.6 is 11.3 Å². The minimum absolute atomic E-state index is 0.872. The van der Waals surface area contributed by atoms with Gasteiger partial charge in [-0.25, -0.2) is 0 Å². The van der Waals surface area contributed by atoms with Gasteiger partial charge in [0.05, 0.1) is 22.1 Å². The second-order valence-electron chi connectivity index (χ2n) is 13.3. The van der Waals surface area contributed by atoms with Crippen LogP contribution in [0, 0.1) is 0 Å². The summed E-state index contributed by atoms with van der Waals surface area (Å²) < 4.78 is 11.4. The summed E-state index contributed by atoms with van der Waals surface area (Å²) in [5.74, 6) is 0. The van der Waals surface area contributed by atoms with Crippen molar-refractivity contribution in [3.05, 3.63) is 182 Å². The summed E-state index contributed by atoms with van der Waals surface area (Å²) in [7, 11) is 0. The fourth-order valence-corrected chi connectivity index (χ4v) is 9.33. The van der Waals surface area contributed by atoms with E-state index in [-0.39, 0.29) is 0 Å². The van der Waals surface area contributed by atoms with Gasteiger partial charge in [0, 0.05) is 53.4 Å². The van der Waals surface area contributed by atoms with Gasteiger partial charge in [-0.3, -0.25) is 0 Å². The highest BCUT2D eigenvalue weighted by Crippen LogP contribution is 2.46. The highest BCUT2D eigenvalue weighted by Gasteiger charge is 2.22. The van der Waals surface area contributed by atoms with Gasteiger partial charge >= 0.3 is 0 Å². The van der Waals surface area contributed by atoms with Gasteiger partial charge in [-0.05, 0) is 77.9 Å². The molecule has 0 radical (unpaired) electrons. The van der Waals surface area contributed by atoms with E-state index >= 15 is 0 Å². The summed E-state index contributed by atoms with van der Waals surface area (Å²) in [6, 6.07) is 65.4. The maximum atomic E-state index is 6.42. The van der Waals surface area contributed by atoms with E-state index in [9.17, 15) is 0 Å². The Balaban J connectivity index is 1.15. The van der Waals surface area contributed by atoms with Gasteiger partial charge in [-0.15, -0.1) is 11.3 Å². The number of fused-ring (bicyclic) bond motifs is 9. The molecule has 0 saturated carbocycles. The molecule has 3 nitrogen and oxygen atoms in total. The van der Waals surface area contributed by atoms with E-state index in [0.29, 0.717) is 0 Å². The molecule has 0 unspecified atom stereocenters. The molecule has 0 saturated heterocycles. The third-order valence-corrected chi connectivity index (χ3v) is 11.6. The summed E-state index contributed by atoms with van der Waals surface area (Å²) in [4.78, 5) is 2.39. The Morgan fingerprint density at radius 3 is 2.02 bits per heavy atom. The van der Waals surface area contributed by atoms with Crippen molar-refractivity contribution in [3.63, 3.8) is 0 Å². The topological polar surface area (TPSA) is 21.3 Å². The van der Waals surface area contributed by atoms with Crippen molar-refractivity contribution in [2.45, 2.75) is 0 Å². The Hall–Kier alpha value is -6.62. The highest BCUT2D eigenvalue weighted by molar-refractivity contribution is 7.26. The average molecular weight is 683 g/mol. The molecule has 0 aliphatic rings. The predicted molar refractivity (Wildman–Crippen MR) is 221 cm³/mol. The normalized spacial score (nSPS) is 11.8. The molecule has 0 N–H and O–H groups in total. The van der Waals surface area contributed by atoms with Crippen LogP contribution in [-0.4, -0.2) is 4.57 Å². The molecule has 3 aromatic heterocycles. The summed E-state index contributed by atoms with van der Waals surface area (Å²) in [6.07, 6.45) is 0. The van der Waals surface area contributed by atoms with Gasteiger partial charge in [-0.1, -0.05) is 115 Å². The number of aromatic nitrogens is 1. The number of benzene rings is 8. The molecule has 0 spiro atoms. The first-order chi connectivity index (χ1) is 25.8.